The molecule has 7 heteroatoms. The highest BCUT2D eigenvalue weighted by Gasteiger charge is 2.48. The summed E-state index contributed by atoms with van der Waals surface area (Å²) in [5.41, 5.74) is 6.17. The van der Waals surface area contributed by atoms with Crippen molar-refractivity contribution >= 4 is 35.6 Å². The van der Waals surface area contributed by atoms with E-state index in [1.165, 1.54) is 17.8 Å². The van der Waals surface area contributed by atoms with E-state index >= 15 is 0 Å². The zero-order valence-electron chi connectivity index (χ0n) is 13.0. The number of thiophene rings is 1. The predicted octanol–water partition coefficient (Wildman–Crippen LogP) is 1.78. The second-order valence-corrected chi connectivity index (χ2v) is 7.26. The number of carbonyl (C=O) groups excluding carboxylic acids is 2. The summed E-state index contributed by atoms with van der Waals surface area (Å²) in [4.78, 5) is 24.7. The minimum absolute atomic E-state index is 0. The van der Waals surface area contributed by atoms with Crippen molar-refractivity contribution < 1.29 is 9.59 Å². The summed E-state index contributed by atoms with van der Waals surface area (Å²) >= 11 is 1.43. The molecule has 1 aromatic heterocycles. The minimum Gasteiger partial charge on any atom is -0.356 e. The van der Waals surface area contributed by atoms with Gasteiger partial charge in [0.2, 0.25) is 5.91 Å². The zero-order chi connectivity index (χ0) is 15.5. The van der Waals surface area contributed by atoms with Gasteiger partial charge in [0.25, 0.3) is 5.91 Å². The van der Waals surface area contributed by atoms with Crippen LogP contribution >= 0.6 is 23.7 Å². The van der Waals surface area contributed by atoms with Crippen LogP contribution in [-0.2, 0) is 4.79 Å². The molecular weight excluding hydrogens is 334 g/mol. The zero-order valence-corrected chi connectivity index (χ0v) is 14.6. The molecule has 2 aliphatic carbocycles. The molecule has 128 valence electrons. The topological polar surface area (TPSA) is 84.2 Å². The summed E-state index contributed by atoms with van der Waals surface area (Å²) in [5, 5.41) is 7.72. The molecule has 0 saturated heterocycles. The van der Waals surface area contributed by atoms with E-state index in [0.717, 1.165) is 24.1 Å². The number of nitrogens with two attached hydrogens (primary N) is 1. The first kappa shape index (κ1) is 18.2. The lowest BCUT2D eigenvalue weighted by Gasteiger charge is -2.27. The van der Waals surface area contributed by atoms with E-state index < -0.39 is 0 Å². The average molecular weight is 358 g/mol. The summed E-state index contributed by atoms with van der Waals surface area (Å²) in [7, 11) is 0. The van der Waals surface area contributed by atoms with Crippen LogP contribution in [0.2, 0.25) is 0 Å². The first-order valence-corrected chi connectivity index (χ1v) is 8.90. The Morgan fingerprint density at radius 1 is 1.22 bits per heavy atom. The van der Waals surface area contributed by atoms with Gasteiger partial charge in [-0.1, -0.05) is 6.07 Å². The first-order chi connectivity index (χ1) is 10.7. The first-order valence-electron chi connectivity index (χ1n) is 8.02. The maximum Gasteiger partial charge on any atom is 0.261 e. The third kappa shape index (κ3) is 4.05. The molecule has 0 aromatic carbocycles. The van der Waals surface area contributed by atoms with Gasteiger partial charge in [0.1, 0.15) is 0 Å². The highest BCUT2D eigenvalue weighted by atomic mass is 35.5. The van der Waals surface area contributed by atoms with Crippen molar-refractivity contribution in [1.29, 1.82) is 0 Å². The van der Waals surface area contributed by atoms with Crippen molar-refractivity contribution in [3.8, 4) is 0 Å². The average Bonchev–Trinajstić information content (AvgIpc) is 3.23. The van der Waals surface area contributed by atoms with Gasteiger partial charge in [0.15, 0.2) is 0 Å². The number of fused-ring (bicyclic) bond motifs is 2. The van der Waals surface area contributed by atoms with Crippen LogP contribution in [0.5, 0.6) is 0 Å². The van der Waals surface area contributed by atoms with Crippen LogP contribution in [-0.4, -0.2) is 30.9 Å². The number of halogens is 1. The molecule has 1 heterocycles. The molecule has 2 amide bonds. The van der Waals surface area contributed by atoms with Gasteiger partial charge in [0.05, 0.1) is 10.8 Å². The Kier molecular flexibility index (Phi) is 6.44. The molecule has 3 rings (SSSR count). The number of hydrogen-bond donors (Lipinski definition) is 3. The molecule has 4 unspecified atom stereocenters. The molecule has 1 aromatic rings. The predicted molar refractivity (Wildman–Crippen MR) is 93.8 cm³/mol. The molecule has 0 radical (unpaired) electrons. The van der Waals surface area contributed by atoms with Gasteiger partial charge in [-0.2, -0.15) is 0 Å². The van der Waals surface area contributed by atoms with Gasteiger partial charge in [0, 0.05) is 19.1 Å². The van der Waals surface area contributed by atoms with E-state index in [2.05, 4.69) is 10.6 Å². The highest BCUT2D eigenvalue weighted by molar-refractivity contribution is 7.12. The molecule has 0 aliphatic heterocycles. The Morgan fingerprint density at radius 2 is 1.96 bits per heavy atom. The molecule has 2 aliphatic rings. The van der Waals surface area contributed by atoms with Gasteiger partial charge in [-0.3, -0.25) is 9.59 Å². The highest BCUT2D eigenvalue weighted by Crippen LogP contribution is 2.47. The Hall–Kier alpha value is -1.11. The summed E-state index contributed by atoms with van der Waals surface area (Å²) in [6.07, 6.45) is 4.19. The minimum atomic E-state index is -0.0450. The Balaban J connectivity index is 0.00000192. The number of carbonyl (C=O) groups is 2. The fourth-order valence-corrected chi connectivity index (χ4v) is 4.48. The lowest BCUT2D eigenvalue weighted by Crippen LogP contribution is -2.45. The van der Waals surface area contributed by atoms with Crippen molar-refractivity contribution in [3.05, 3.63) is 22.4 Å². The van der Waals surface area contributed by atoms with E-state index in [1.54, 1.807) is 6.07 Å². The normalized spacial score (nSPS) is 28.2. The third-order valence-corrected chi connectivity index (χ3v) is 5.84. The fourth-order valence-electron chi connectivity index (χ4n) is 3.84. The van der Waals surface area contributed by atoms with Gasteiger partial charge in [-0.25, -0.2) is 0 Å². The number of rotatable bonds is 6. The van der Waals surface area contributed by atoms with E-state index in [-0.39, 0.29) is 36.2 Å². The van der Waals surface area contributed by atoms with Gasteiger partial charge >= 0.3 is 0 Å². The van der Waals surface area contributed by atoms with Crippen LogP contribution in [0.3, 0.4) is 0 Å². The molecule has 4 atom stereocenters. The van der Waals surface area contributed by atoms with Crippen LogP contribution in [0.25, 0.3) is 0 Å². The van der Waals surface area contributed by atoms with Crippen LogP contribution in [0.1, 0.15) is 35.4 Å². The van der Waals surface area contributed by atoms with E-state index in [4.69, 9.17) is 5.73 Å². The third-order valence-electron chi connectivity index (χ3n) is 4.97. The summed E-state index contributed by atoms with van der Waals surface area (Å²) in [6, 6.07) is 3.70. The standard InChI is InChI=1S/C16H23N3O2S.ClH/c17-14-11-5-4-10(9-11)13(14)16(21)19-7-2-6-18-15(20)12-3-1-8-22-12;/h1,3,8,10-11,13-14H,2,4-7,9,17H2,(H,18,20)(H,19,21);1H. The van der Waals surface area contributed by atoms with Crippen molar-refractivity contribution in [2.24, 2.45) is 23.5 Å². The SMILES string of the molecule is Cl.NC1C2CCC(C2)C1C(=O)NCCCNC(=O)c1cccs1. The largest absolute Gasteiger partial charge is 0.356 e. The molecule has 23 heavy (non-hydrogen) atoms. The lowest BCUT2D eigenvalue weighted by molar-refractivity contribution is -0.127. The van der Waals surface area contributed by atoms with Crippen molar-refractivity contribution in [3.63, 3.8) is 0 Å². The van der Waals surface area contributed by atoms with Crippen LogP contribution < -0.4 is 16.4 Å². The van der Waals surface area contributed by atoms with Gasteiger partial charge in [-0.15, -0.1) is 23.7 Å². The smallest absolute Gasteiger partial charge is 0.261 e. The van der Waals surface area contributed by atoms with Crippen LogP contribution in [0.4, 0.5) is 0 Å². The maximum atomic E-state index is 12.3. The molecule has 0 spiro atoms. The lowest BCUT2D eigenvalue weighted by atomic mass is 9.84. The van der Waals surface area contributed by atoms with Crippen LogP contribution in [0.15, 0.2) is 17.5 Å². The Morgan fingerprint density at radius 3 is 2.61 bits per heavy atom. The van der Waals surface area contributed by atoms with Crippen molar-refractivity contribution in [2.45, 2.75) is 31.7 Å². The number of nitrogens with one attached hydrogen (secondary N) is 2. The number of amides is 2. The second kappa shape index (κ2) is 8.13. The summed E-state index contributed by atoms with van der Waals surface area (Å²) in [5.74, 6) is 1.09. The molecule has 5 nitrogen and oxygen atoms in total. The molecular formula is C16H24ClN3O2S. The Bertz CT molecular complexity index is 535. The van der Waals surface area contributed by atoms with Gasteiger partial charge < -0.3 is 16.4 Å². The van der Waals surface area contributed by atoms with E-state index in [0.29, 0.717) is 24.9 Å². The second-order valence-electron chi connectivity index (χ2n) is 6.31. The molecule has 2 bridgehead atoms. The summed E-state index contributed by atoms with van der Waals surface area (Å²) < 4.78 is 0. The van der Waals surface area contributed by atoms with Crippen molar-refractivity contribution in [1.82, 2.24) is 10.6 Å². The number of hydrogen-bond acceptors (Lipinski definition) is 4. The van der Waals surface area contributed by atoms with Gasteiger partial charge in [-0.05, 0) is 49.0 Å². The van der Waals surface area contributed by atoms with Crippen molar-refractivity contribution in [2.75, 3.05) is 13.1 Å². The summed E-state index contributed by atoms with van der Waals surface area (Å²) in [6.45, 7) is 1.16. The maximum absolute atomic E-state index is 12.3. The van der Waals surface area contributed by atoms with Crippen LogP contribution in [0, 0.1) is 17.8 Å². The quantitative estimate of drug-likeness (QED) is 0.678. The monoisotopic (exact) mass is 357 g/mol. The van der Waals surface area contributed by atoms with E-state index in [9.17, 15) is 9.59 Å². The molecule has 4 N–H and O–H groups in total. The molecule has 2 saturated carbocycles. The van der Waals surface area contributed by atoms with E-state index in [1.807, 2.05) is 11.4 Å². The Labute approximate surface area is 146 Å². The fraction of sp³-hybridized carbons (Fsp3) is 0.625. The molecule has 2 fully saturated rings.